The van der Waals surface area contributed by atoms with Gasteiger partial charge in [-0.3, -0.25) is 14.5 Å². The Kier molecular flexibility index (Phi) is 8.45. The first kappa shape index (κ1) is 30.9. The molecule has 2 aliphatic heterocycles. The molecular formula is C38H36BNO7. The van der Waals surface area contributed by atoms with E-state index in [9.17, 15) is 24.7 Å². The lowest BCUT2D eigenvalue weighted by molar-refractivity contribution is -0.122. The van der Waals surface area contributed by atoms with E-state index in [0.717, 1.165) is 45.2 Å². The number of anilines is 1. The van der Waals surface area contributed by atoms with Crippen LogP contribution in [0.4, 0.5) is 5.69 Å². The van der Waals surface area contributed by atoms with Crippen molar-refractivity contribution in [2.24, 2.45) is 17.8 Å². The molecule has 47 heavy (non-hydrogen) atoms. The molecule has 238 valence electrons. The van der Waals surface area contributed by atoms with E-state index in [1.807, 2.05) is 60.7 Å². The number of phenolic OH excluding ortho intramolecular Hbond substituents is 1. The van der Waals surface area contributed by atoms with Gasteiger partial charge in [-0.25, -0.2) is 0 Å². The van der Waals surface area contributed by atoms with Gasteiger partial charge in [-0.1, -0.05) is 72.3 Å². The Morgan fingerprint density at radius 2 is 1.70 bits per heavy atom. The third kappa shape index (κ3) is 5.87. The van der Waals surface area contributed by atoms with E-state index in [2.05, 4.69) is 13.0 Å². The second-order valence-corrected chi connectivity index (χ2v) is 12.7. The van der Waals surface area contributed by atoms with Crippen LogP contribution in [0.5, 0.6) is 11.5 Å². The van der Waals surface area contributed by atoms with Crippen molar-refractivity contribution in [3.63, 3.8) is 0 Å². The van der Waals surface area contributed by atoms with E-state index in [4.69, 9.17) is 9.47 Å². The van der Waals surface area contributed by atoms with Gasteiger partial charge in [0, 0.05) is 11.3 Å². The zero-order chi connectivity index (χ0) is 32.7. The lowest BCUT2D eigenvalue weighted by atomic mass is 9.69. The van der Waals surface area contributed by atoms with Gasteiger partial charge in [-0.05, 0) is 84.1 Å². The summed E-state index contributed by atoms with van der Waals surface area (Å²) in [4.78, 5) is 29.1. The van der Waals surface area contributed by atoms with E-state index in [1.54, 1.807) is 24.3 Å². The maximum Gasteiger partial charge on any atom is 0.488 e. The van der Waals surface area contributed by atoms with E-state index < -0.39 is 19.0 Å². The largest absolute Gasteiger partial charge is 0.507 e. The molecule has 4 aromatic carbocycles. The summed E-state index contributed by atoms with van der Waals surface area (Å²) in [6, 6.07) is 27.3. The molecule has 1 aliphatic carbocycles. The molecule has 0 aromatic heterocycles. The summed E-state index contributed by atoms with van der Waals surface area (Å²) in [5, 5.41) is 31.5. The Balaban J connectivity index is 1.17. The minimum absolute atomic E-state index is 0.210. The number of rotatable bonds is 9. The van der Waals surface area contributed by atoms with Gasteiger partial charge in [0.1, 0.15) is 18.1 Å². The highest BCUT2D eigenvalue weighted by Crippen LogP contribution is 2.50. The van der Waals surface area contributed by atoms with Gasteiger partial charge >= 0.3 is 7.12 Å². The molecule has 2 amide bonds. The monoisotopic (exact) mass is 629 g/mol. The smallest absolute Gasteiger partial charge is 0.488 e. The molecule has 3 aliphatic rings. The van der Waals surface area contributed by atoms with Crippen molar-refractivity contribution in [1.82, 2.24) is 0 Å². The summed E-state index contributed by atoms with van der Waals surface area (Å²) < 4.78 is 12.6. The number of hydrogen-bond donors (Lipinski definition) is 3. The predicted octanol–water partition coefficient (Wildman–Crippen LogP) is 5.01. The molecular weight excluding hydrogens is 593 g/mol. The van der Waals surface area contributed by atoms with Crippen LogP contribution in [0.2, 0.25) is 0 Å². The number of ether oxygens (including phenoxy) is 2. The van der Waals surface area contributed by atoms with Crippen LogP contribution in [-0.2, 0) is 14.3 Å². The van der Waals surface area contributed by atoms with Crippen molar-refractivity contribution in [2.75, 3.05) is 18.1 Å². The molecule has 2 heterocycles. The van der Waals surface area contributed by atoms with E-state index in [1.165, 1.54) is 11.0 Å². The van der Waals surface area contributed by atoms with Crippen molar-refractivity contribution in [3.05, 3.63) is 113 Å². The van der Waals surface area contributed by atoms with Crippen LogP contribution >= 0.6 is 0 Å². The molecule has 2 fully saturated rings. The number of carbonyl (C=O) groups is 2. The van der Waals surface area contributed by atoms with Crippen molar-refractivity contribution in [3.8, 4) is 11.5 Å². The maximum atomic E-state index is 14.0. The van der Waals surface area contributed by atoms with Crippen molar-refractivity contribution in [2.45, 2.75) is 32.3 Å². The first-order valence-electron chi connectivity index (χ1n) is 16.0. The highest BCUT2D eigenvalue weighted by molar-refractivity contribution is 6.58. The third-order valence-electron chi connectivity index (χ3n) is 9.73. The van der Waals surface area contributed by atoms with Crippen molar-refractivity contribution >= 4 is 46.9 Å². The topological polar surface area (TPSA) is 117 Å². The molecule has 4 aromatic rings. The van der Waals surface area contributed by atoms with Gasteiger partial charge in [0.2, 0.25) is 11.8 Å². The van der Waals surface area contributed by atoms with Crippen LogP contribution in [0.25, 0.3) is 16.8 Å². The van der Waals surface area contributed by atoms with Crippen LogP contribution in [0.3, 0.4) is 0 Å². The summed E-state index contributed by atoms with van der Waals surface area (Å²) in [7, 11) is -1.71. The zero-order valence-corrected chi connectivity index (χ0v) is 26.1. The standard InChI is InChI=1S/C38H36BNO7/c1-23(18-24-15-16-33(41)30-13-6-5-12-29(24)30)14-17-34-35-25(21-46-28-10-3-2-4-11-28)19-31-36(32(35)22-47-34)38(43)40(37(31)42)27-9-7-8-26(20-27)39(44)45/h2-13,15-16,18,20,31-32,34,36,41,44-45H,14,17,19,21-22H2,1H3/b23-18+/t31-,32+,34-,36-/m1/s1. The Morgan fingerprint density at radius 3 is 2.49 bits per heavy atom. The summed E-state index contributed by atoms with van der Waals surface area (Å²) in [5.74, 6) is -0.966. The minimum atomic E-state index is -1.71. The molecule has 0 saturated carbocycles. The number of fused-ring (bicyclic) bond motifs is 4. The fraction of sp³-hybridized carbons (Fsp3) is 0.263. The van der Waals surface area contributed by atoms with E-state index in [-0.39, 0.29) is 35.0 Å². The van der Waals surface area contributed by atoms with Crippen LogP contribution in [-0.4, -0.2) is 53.4 Å². The summed E-state index contributed by atoms with van der Waals surface area (Å²) in [6.45, 7) is 2.72. The SMILES string of the molecule is C/C(=C\c1ccc(O)c2ccccc12)CC[C@H]1OC[C@H]2C1=C(COc1ccccc1)C[C@H]1C(=O)N(c3cccc(B(O)O)c3)C(=O)[C@H]12. The molecule has 8 nitrogen and oxygen atoms in total. The van der Waals surface area contributed by atoms with E-state index in [0.29, 0.717) is 31.7 Å². The number of aromatic hydroxyl groups is 1. The predicted molar refractivity (Wildman–Crippen MR) is 181 cm³/mol. The molecule has 0 bridgehead atoms. The number of carbonyl (C=O) groups excluding carboxylic acids is 2. The first-order chi connectivity index (χ1) is 22.8. The van der Waals surface area contributed by atoms with Crippen LogP contribution < -0.4 is 15.1 Å². The fourth-order valence-corrected chi connectivity index (χ4v) is 7.50. The van der Waals surface area contributed by atoms with Gasteiger partial charge in [-0.15, -0.1) is 0 Å². The number of hydrogen-bond acceptors (Lipinski definition) is 7. The third-order valence-corrected chi connectivity index (χ3v) is 9.73. The Morgan fingerprint density at radius 1 is 0.936 bits per heavy atom. The highest BCUT2D eigenvalue weighted by atomic mass is 16.5. The minimum Gasteiger partial charge on any atom is -0.507 e. The Labute approximate surface area is 273 Å². The fourth-order valence-electron chi connectivity index (χ4n) is 7.50. The van der Waals surface area contributed by atoms with Gasteiger partial charge < -0.3 is 24.6 Å². The van der Waals surface area contributed by atoms with Crippen LogP contribution in [0.15, 0.2) is 108 Å². The molecule has 9 heteroatoms. The molecule has 7 rings (SSSR count). The van der Waals surface area contributed by atoms with Crippen molar-refractivity contribution < 1.29 is 34.2 Å². The Bertz CT molecular complexity index is 1900. The molecule has 0 unspecified atom stereocenters. The van der Waals surface area contributed by atoms with Gasteiger partial charge in [-0.2, -0.15) is 0 Å². The Hall–Kier alpha value is -4.70. The second-order valence-electron chi connectivity index (χ2n) is 12.7. The number of allylic oxidation sites excluding steroid dienone is 1. The van der Waals surface area contributed by atoms with Crippen LogP contribution in [0, 0.1) is 17.8 Å². The normalized spacial score (nSPS) is 22.5. The molecule has 4 atom stereocenters. The summed E-state index contributed by atoms with van der Waals surface area (Å²) in [5.41, 5.74) is 4.80. The first-order valence-corrected chi connectivity index (χ1v) is 16.0. The number of imide groups is 1. The number of para-hydroxylation sites is 1. The lowest BCUT2D eigenvalue weighted by Gasteiger charge is -2.31. The molecule has 2 saturated heterocycles. The van der Waals surface area contributed by atoms with E-state index >= 15 is 0 Å². The molecule has 3 N–H and O–H groups in total. The van der Waals surface area contributed by atoms with Gasteiger partial charge in [0.15, 0.2) is 0 Å². The average molecular weight is 630 g/mol. The summed E-state index contributed by atoms with van der Waals surface area (Å²) >= 11 is 0. The number of benzene rings is 4. The average Bonchev–Trinajstić information content (AvgIpc) is 3.62. The molecule has 0 spiro atoms. The quantitative estimate of drug-likeness (QED) is 0.136. The van der Waals surface area contributed by atoms with Gasteiger partial charge in [0.25, 0.3) is 0 Å². The van der Waals surface area contributed by atoms with Crippen molar-refractivity contribution in [1.29, 1.82) is 0 Å². The summed E-state index contributed by atoms with van der Waals surface area (Å²) in [6.07, 6.45) is 3.78. The number of phenols is 1. The maximum absolute atomic E-state index is 14.0. The van der Waals surface area contributed by atoms with Gasteiger partial charge in [0.05, 0.1) is 30.2 Å². The highest BCUT2D eigenvalue weighted by Gasteiger charge is 2.57. The number of nitrogens with zero attached hydrogens (tertiary/aromatic N) is 1. The lowest BCUT2D eigenvalue weighted by Crippen LogP contribution is -2.36. The number of amides is 2. The molecule has 0 radical (unpaired) electrons. The van der Waals surface area contributed by atoms with Crippen LogP contribution in [0.1, 0.15) is 31.7 Å². The zero-order valence-electron chi connectivity index (χ0n) is 26.1. The second kappa shape index (κ2) is 12.8.